The Balaban J connectivity index is 1.85. The fourth-order valence-corrected chi connectivity index (χ4v) is 2.31. The van der Waals surface area contributed by atoms with Crippen LogP contribution in [0, 0.1) is 0 Å². The van der Waals surface area contributed by atoms with Gasteiger partial charge in [-0.25, -0.2) is 0 Å². The third-order valence-corrected chi connectivity index (χ3v) is 3.64. The molecule has 158 valence electrons. The van der Waals surface area contributed by atoms with Gasteiger partial charge in [-0.1, -0.05) is 30.3 Å². The van der Waals surface area contributed by atoms with Gasteiger partial charge in [0.2, 0.25) is 0 Å². The van der Waals surface area contributed by atoms with E-state index >= 15 is 0 Å². The van der Waals surface area contributed by atoms with E-state index in [2.05, 4.69) is 25.1 Å². The topological polar surface area (TPSA) is 54.9 Å². The lowest BCUT2D eigenvalue weighted by Gasteiger charge is -2.15. The number of halogens is 5. The molecule has 5 nitrogen and oxygen atoms in total. The molecule has 0 bridgehead atoms. The zero-order valence-corrected chi connectivity index (χ0v) is 15.5. The van der Waals surface area contributed by atoms with Crippen molar-refractivity contribution in [3.8, 4) is 11.5 Å². The van der Waals surface area contributed by atoms with Crippen molar-refractivity contribution < 1.29 is 31.4 Å². The van der Waals surface area contributed by atoms with Gasteiger partial charge in [0.15, 0.2) is 12.6 Å². The maximum atomic E-state index is 12.5. The highest BCUT2D eigenvalue weighted by atomic mass is 19.4. The van der Waals surface area contributed by atoms with Crippen LogP contribution in [0.4, 0.5) is 22.0 Å². The van der Waals surface area contributed by atoms with Gasteiger partial charge < -0.3 is 20.1 Å². The molecule has 0 aromatic heterocycles. The number of guanidine groups is 1. The Morgan fingerprint density at radius 2 is 1.66 bits per heavy atom. The zero-order chi connectivity index (χ0) is 21.3. The summed E-state index contributed by atoms with van der Waals surface area (Å²) in [6.45, 7) is -3.73. The molecule has 2 aromatic rings. The number of benzene rings is 2. The fourth-order valence-electron chi connectivity index (χ4n) is 2.31. The largest absolute Gasteiger partial charge is 0.484 e. The van der Waals surface area contributed by atoms with Crippen molar-refractivity contribution in [2.45, 2.75) is 25.9 Å². The molecular formula is C19H20F5N3O2. The maximum Gasteiger partial charge on any atom is 0.422 e. The summed E-state index contributed by atoms with van der Waals surface area (Å²) >= 11 is 0. The van der Waals surface area contributed by atoms with Gasteiger partial charge >= 0.3 is 12.8 Å². The van der Waals surface area contributed by atoms with E-state index in [1.54, 1.807) is 37.4 Å². The van der Waals surface area contributed by atoms with Crippen LogP contribution in [-0.4, -0.2) is 32.4 Å². The number of hydrogen-bond acceptors (Lipinski definition) is 3. The van der Waals surface area contributed by atoms with Crippen LogP contribution in [0.5, 0.6) is 11.5 Å². The molecule has 2 rings (SSSR count). The monoisotopic (exact) mass is 417 g/mol. The van der Waals surface area contributed by atoms with E-state index in [0.29, 0.717) is 18.1 Å². The maximum absolute atomic E-state index is 12.5. The Bertz CT molecular complexity index is 795. The predicted molar refractivity (Wildman–Crippen MR) is 98.1 cm³/mol. The number of aliphatic imine (C=N–C) groups is 1. The van der Waals surface area contributed by atoms with Crippen molar-refractivity contribution >= 4 is 5.96 Å². The summed E-state index contributed by atoms with van der Waals surface area (Å²) in [6, 6.07) is 12.5. The van der Waals surface area contributed by atoms with Crippen molar-refractivity contribution in [2.75, 3.05) is 13.7 Å². The second-order valence-corrected chi connectivity index (χ2v) is 5.81. The van der Waals surface area contributed by atoms with E-state index in [0.717, 1.165) is 5.56 Å². The minimum absolute atomic E-state index is 0.0694. The van der Waals surface area contributed by atoms with Gasteiger partial charge in [-0.2, -0.15) is 22.0 Å². The highest BCUT2D eigenvalue weighted by Gasteiger charge is 2.28. The second kappa shape index (κ2) is 10.5. The molecule has 10 heteroatoms. The van der Waals surface area contributed by atoms with Gasteiger partial charge in [-0.05, 0) is 23.8 Å². The van der Waals surface area contributed by atoms with Crippen LogP contribution in [0.3, 0.4) is 0 Å². The average Bonchev–Trinajstić information content (AvgIpc) is 2.67. The number of nitrogens with zero attached hydrogens (tertiary/aromatic N) is 1. The van der Waals surface area contributed by atoms with Crippen LogP contribution in [0.1, 0.15) is 11.1 Å². The van der Waals surface area contributed by atoms with E-state index in [4.69, 9.17) is 0 Å². The summed E-state index contributed by atoms with van der Waals surface area (Å²) in [5.74, 6) is 0.596. The van der Waals surface area contributed by atoms with Crippen LogP contribution in [-0.2, 0) is 13.1 Å². The Labute approximate surface area is 164 Å². The second-order valence-electron chi connectivity index (χ2n) is 5.81. The number of hydrogen-bond donors (Lipinski definition) is 2. The molecule has 0 saturated carbocycles. The molecule has 0 aliphatic rings. The van der Waals surface area contributed by atoms with Gasteiger partial charge in [-0.15, -0.1) is 0 Å². The summed E-state index contributed by atoms with van der Waals surface area (Å²) in [4.78, 5) is 4.04. The lowest BCUT2D eigenvalue weighted by molar-refractivity contribution is -0.153. The highest BCUT2D eigenvalue weighted by molar-refractivity contribution is 5.79. The molecule has 0 unspecified atom stereocenters. The van der Waals surface area contributed by atoms with Crippen LogP contribution in [0.2, 0.25) is 0 Å². The van der Waals surface area contributed by atoms with E-state index in [1.807, 2.05) is 0 Å². The van der Waals surface area contributed by atoms with Crippen LogP contribution in [0.25, 0.3) is 0 Å². The van der Waals surface area contributed by atoms with E-state index in [-0.39, 0.29) is 18.0 Å². The molecule has 0 heterocycles. The first kappa shape index (κ1) is 22.3. The smallest absolute Gasteiger partial charge is 0.422 e. The summed E-state index contributed by atoms with van der Waals surface area (Å²) in [6.07, 6.45) is -4.39. The lowest BCUT2D eigenvalue weighted by Crippen LogP contribution is -2.36. The van der Waals surface area contributed by atoms with E-state index in [1.165, 1.54) is 18.2 Å². The Morgan fingerprint density at radius 3 is 2.28 bits per heavy atom. The Kier molecular flexibility index (Phi) is 8.05. The predicted octanol–water partition coefficient (Wildman–Crippen LogP) is 4.09. The molecule has 29 heavy (non-hydrogen) atoms. The first-order valence-electron chi connectivity index (χ1n) is 8.52. The number of ether oxygens (including phenoxy) is 2. The first-order chi connectivity index (χ1) is 13.8. The van der Waals surface area contributed by atoms with Crippen LogP contribution in [0.15, 0.2) is 53.5 Å². The van der Waals surface area contributed by atoms with Crippen molar-refractivity contribution in [2.24, 2.45) is 4.99 Å². The summed E-state index contributed by atoms with van der Waals surface area (Å²) in [7, 11) is 1.55. The number of alkyl halides is 5. The van der Waals surface area contributed by atoms with Gasteiger partial charge in [0.25, 0.3) is 0 Å². The van der Waals surface area contributed by atoms with Gasteiger partial charge in [-0.3, -0.25) is 4.99 Å². The zero-order valence-electron chi connectivity index (χ0n) is 15.5. The highest BCUT2D eigenvalue weighted by Crippen LogP contribution is 2.20. The molecular weight excluding hydrogens is 397 g/mol. The number of nitrogens with one attached hydrogen (secondary N) is 2. The van der Waals surface area contributed by atoms with Gasteiger partial charge in [0, 0.05) is 25.7 Å². The van der Waals surface area contributed by atoms with Gasteiger partial charge in [0.05, 0.1) is 0 Å². The molecule has 0 atom stereocenters. The molecule has 0 fully saturated rings. The van der Waals surface area contributed by atoms with Crippen molar-refractivity contribution in [3.63, 3.8) is 0 Å². The average molecular weight is 417 g/mol. The standard InChI is InChI=1S/C19H20F5N3O2/c1-25-18(27-11-14-4-2-3-5-16(14)29-17(20)21)26-10-13-6-8-15(9-7-13)28-12-19(22,23)24/h2-9,17H,10-12H2,1H3,(H2,25,26,27). The minimum atomic E-state index is -4.39. The fraction of sp³-hybridized carbons (Fsp3) is 0.316. The molecule has 0 aliphatic heterocycles. The molecule has 0 aliphatic carbocycles. The number of para-hydroxylation sites is 1. The molecule has 0 saturated heterocycles. The third kappa shape index (κ3) is 8.24. The molecule has 2 aromatic carbocycles. The summed E-state index contributed by atoms with van der Waals surface area (Å²) in [5, 5.41) is 6.00. The van der Waals surface area contributed by atoms with Crippen molar-refractivity contribution in [1.29, 1.82) is 0 Å². The Hall–Kier alpha value is -3.04. The van der Waals surface area contributed by atoms with Crippen LogP contribution < -0.4 is 20.1 Å². The normalized spacial score (nSPS) is 12.0. The van der Waals surface area contributed by atoms with Crippen molar-refractivity contribution in [3.05, 3.63) is 59.7 Å². The molecule has 0 spiro atoms. The van der Waals surface area contributed by atoms with E-state index < -0.39 is 19.4 Å². The number of rotatable bonds is 8. The Morgan fingerprint density at radius 1 is 1.00 bits per heavy atom. The van der Waals surface area contributed by atoms with Gasteiger partial charge in [0.1, 0.15) is 11.5 Å². The quantitative estimate of drug-likeness (QED) is 0.386. The van der Waals surface area contributed by atoms with Crippen LogP contribution >= 0.6 is 0 Å². The minimum Gasteiger partial charge on any atom is -0.484 e. The SMILES string of the molecule is CN=C(NCc1ccc(OCC(F)(F)F)cc1)NCc1ccccc1OC(F)F. The summed E-state index contributed by atoms with van der Waals surface area (Å²) in [5.41, 5.74) is 1.32. The molecule has 0 radical (unpaired) electrons. The first-order valence-corrected chi connectivity index (χ1v) is 8.52. The lowest BCUT2D eigenvalue weighted by atomic mass is 10.2. The third-order valence-electron chi connectivity index (χ3n) is 3.64. The summed E-state index contributed by atoms with van der Waals surface area (Å²) < 4.78 is 70.5. The molecule has 0 amide bonds. The molecule has 2 N–H and O–H groups in total. The van der Waals surface area contributed by atoms with Crippen molar-refractivity contribution in [1.82, 2.24) is 10.6 Å². The van der Waals surface area contributed by atoms with E-state index in [9.17, 15) is 22.0 Å².